The lowest BCUT2D eigenvalue weighted by Gasteiger charge is -2.28. The number of fused-ring (bicyclic) bond motifs is 4. The molecule has 1 aliphatic rings. The van der Waals surface area contributed by atoms with Gasteiger partial charge < -0.3 is 15.6 Å². The third-order valence-corrected chi connectivity index (χ3v) is 6.18. The Labute approximate surface area is 184 Å². The second-order valence-electron chi connectivity index (χ2n) is 8.15. The number of primary amides is 1. The highest BCUT2D eigenvalue weighted by atomic mass is 19.1. The summed E-state index contributed by atoms with van der Waals surface area (Å²) in [4.78, 5) is 28.7. The number of amides is 2. The van der Waals surface area contributed by atoms with E-state index < -0.39 is 11.7 Å². The number of halogens is 1. The molecule has 1 aliphatic heterocycles. The molecule has 5 rings (SSSR count). The second kappa shape index (κ2) is 7.64. The summed E-state index contributed by atoms with van der Waals surface area (Å²) in [6.45, 7) is 4.68. The molecule has 6 heteroatoms. The topological polar surface area (TPSA) is 79.2 Å². The number of H-pyrrole nitrogens is 1. The molecule has 0 atom stereocenters. The number of nitrogens with two attached hydrogens (primary N) is 1. The van der Waals surface area contributed by atoms with Gasteiger partial charge in [-0.05, 0) is 46.9 Å². The van der Waals surface area contributed by atoms with Gasteiger partial charge in [0.2, 0.25) is 11.8 Å². The van der Waals surface area contributed by atoms with Crippen LogP contribution in [-0.2, 0) is 29.0 Å². The van der Waals surface area contributed by atoms with Crippen molar-refractivity contribution in [1.29, 1.82) is 0 Å². The highest BCUT2D eigenvalue weighted by molar-refractivity contribution is 6.15. The molecule has 0 spiro atoms. The molecule has 0 unspecified atom stereocenters. The molecular formula is C26H22FN3O2. The van der Waals surface area contributed by atoms with Crippen molar-refractivity contribution in [1.82, 2.24) is 9.88 Å². The molecule has 3 aromatic carbocycles. The van der Waals surface area contributed by atoms with Crippen molar-refractivity contribution < 1.29 is 14.0 Å². The summed E-state index contributed by atoms with van der Waals surface area (Å²) in [6, 6.07) is 15.0. The first-order valence-corrected chi connectivity index (χ1v) is 10.5. The van der Waals surface area contributed by atoms with E-state index in [1.54, 1.807) is 4.90 Å². The van der Waals surface area contributed by atoms with E-state index in [4.69, 9.17) is 5.73 Å². The van der Waals surface area contributed by atoms with Crippen LogP contribution in [0.4, 0.5) is 4.39 Å². The Bertz CT molecular complexity index is 1420. The fourth-order valence-electron chi connectivity index (χ4n) is 4.69. The van der Waals surface area contributed by atoms with E-state index in [1.807, 2.05) is 42.5 Å². The zero-order valence-electron chi connectivity index (χ0n) is 17.5. The summed E-state index contributed by atoms with van der Waals surface area (Å²) in [6.07, 6.45) is 1.98. The maximum Gasteiger partial charge on any atom is 0.246 e. The standard InChI is InChI=1S/C26H22FN3O2/c1-2-23(32)30-10-9-15-11-16(7-8-17(15)14-30)24-20(27)12-18(13-22(28)31)26-25(24)19-5-3-4-6-21(19)29-26/h2-8,11-12,29H,1,9-10,13-14H2,(H2,28,31). The number of aromatic amines is 1. The smallest absolute Gasteiger partial charge is 0.246 e. The van der Waals surface area contributed by atoms with E-state index in [0.29, 0.717) is 30.6 Å². The van der Waals surface area contributed by atoms with Gasteiger partial charge in [0.15, 0.2) is 0 Å². The Kier molecular flexibility index (Phi) is 4.78. The lowest BCUT2D eigenvalue weighted by Crippen LogP contribution is -2.34. The van der Waals surface area contributed by atoms with Crippen LogP contribution < -0.4 is 5.73 Å². The number of carbonyl (C=O) groups is 2. The average Bonchev–Trinajstić information content (AvgIpc) is 3.17. The molecule has 1 aromatic heterocycles. The van der Waals surface area contributed by atoms with Gasteiger partial charge in [0.05, 0.1) is 11.9 Å². The Morgan fingerprint density at radius 3 is 2.75 bits per heavy atom. The molecule has 32 heavy (non-hydrogen) atoms. The van der Waals surface area contributed by atoms with Crippen molar-refractivity contribution in [2.24, 2.45) is 5.73 Å². The Morgan fingerprint density at radius 2 is 1.97 bits per heavy atom. The van der Waals surface area contributed by atoms with Gasteiger partial charge in [-0.15, -0.1) is 0 Å². The van der Waals surface area contributed by atoms with Crippen LogP contribution in [0.1, 0.15) is 16.7 Å². The fraction of sp³-hybridized carbons (Fsp3) is 0.154. The van der Waals surface area contributed by atoms with Crippen LogP contribution in [0.3, 0.4) is 0 Å². The molecule has 4 aromatic rings. The monoisotopic (exact) mass is 427 g/mol. The fourth-order valence-corrected chi connectivity index (χ4v) is 4.69. The molecule has 3 N–H and O–H groups in total. The second-order valence-corrected chi connectivity index (χ2v) is 8.15. The zero-order chi connectivity index (χ0) is 22.4. The maximum atomic E-state index is 15.5. The normalized spacial score (nSPS) is 13.3. The maximum absolute atomic E-state index is 15.5. The number of nitrogens with zero attached hydrogens (tertiary/aromatic N) is 1. The van der Waals surface area contributed by atoms with Crippen molar-refractivity contribution >= 4 is 33.6 Å². The number of aromatic nitrogens is 1. The molecule has 0 fully saturated rings. The van der Waals surface area contributed by atoms with E-state index in [1.165, 1.54) is 12.1 Å². The van der Waals surface area contributed by atoms with Gasteiger partial charge in [-0.25, -0.2) is 4.39 Å². The molecule has 0 saturated carbocycles. The van der Waals surface area contributed by atoms with Crippen molar-refractivity contribution in [3.05, 3.63) is 83.7 Å². The predicted molar refractivity (Wildman–Crippen MR) is 123 cm³/mol. The molecule has 5 nitrogen and oxygen atoms in total. The number of nitrogens with one attached hydrogen (secondary N) is 1. The number of rotatable bonds is 4. The summed E-state index contributed by atoms with van der Waals surface area (Å²) >= 11 is 0. The quantitative estimate of drug-likeness (QED) is 0.478. The third kappa shape index (κ3) is 3.24. The molecule has 0 radical (unpaired) electrons. The number of benzene rings is 3. The lowest BCUT2D eigenvalue weighted by atomic mass is 9.91. The van der Waals surface area contributed by atoms with E-state index in [9.17, 15) is 9.59 Å². The Hall–Kier alpha value is -3.93. The van der Waals surface area contributed by atoms with Crippen LogP contribution in [0.15, 0.2) is 61.2 Å². The largest absolute Gasteiger partial charge is 0.369 e. The van der Waals surface area contributed by atoms with Crippen LogP contribution in [0, 0.1) is 5.82 Å². The molecular weight excluding hydrogens is 405 g/mol. The molecule has 160 valence electrons. The first kappa shape index (κ1) is 20.0. The first-order valence-electron chi connectivity index (χ1n) is 10.5. The summed E-state index contributed by atoms with van der Waals surface area (Å²) < 4.78 is 15.5. The minimum atomic E-state index is -0.510. The number of carbonyl (C=O) groups excluding carboxylic acids is 2. The summed E-state index contributed by atoms with van der Waals surface area (Å²) in [5.74, 6) is -0.987. The van der Waals surface area contributed by atoms with Gasteiger partial charge in [-0.2, -0.15) is 0 Å². The molecule has 0 bridgehead atoms. The third-order valence-electron chi connectivity index (χ3n) is 6.18. The summed E-state index contributed by atoms with van der Waals surface area (Å²) in [7, 11) is 0. The van der Waals surface area contributed by atoms with Crippen LogP contribution in [-0.4, -0.2) is 28.2 Å². The number of hydrogen-bond acceptors (Lipinski definition) is 2. The van der Waals surface area contributed by atoms with Crippen LogP contribution in [0.25, 0.3) is 32.9 Å². The van der Waals surface area contributed by atoms with Crippen LogP contribution in [0.5, 0.6) is 0 Å². The lowest BCUT2D eigenvalue weighted by molar-refractivity contribution is -0.126. The molecule has 2 heterocycles. The minimum Gasteiger partial charge on any atom is -0.369 e. The first-order chi connectivity index (χ1) is 15.5. The van der Waals surface area contributed by atoms with Gasteiger partial charge in [-0.3, -0.25) is 9.59 Å². The molecule has 0 aliphatic carbocycles. The van der Waals surface area contributed by atoms with E-state index in [-0.39, 0.29) is 12.3 Å². The molecule has 0 saturated heterocycles. The highest BCUT2D eigenvalue weighted by Gasteiger charge is 2.22. The Balaban J connectivity index is 1.70. The SMILES string of the molecule is C=CC(=O)N1CCc2cc(-c3c(F)cc(CC(N)=O)c4[nH]c5ccccc5c34)ccc2C1. The van der Waals surface area contributed by atoms with Gasteiger partial charge in [0, 0.05) is 34.9 Å². The number of para-hydroxylation sites is 1. The predicted octanol–water partition coefficient (Wildman–Crippen LogP) is 4.23. The van der Waals surface area contributed by atoms with Gasteiger partial charge >= 0.3 is 0 Å². The van der Waals surface area contributed by atoms with Crippen molar-refractivity contribution in [3.63, 3.8) is 0 Å². The van der Waals surface area contributed by atoms with Crippen LogP contribution in [0.2, 0.25) is 0 Å². The van der Waals surface area contributed by atoms with Crippen molar-refractivity contribution in [2.45, 2.75) is 19.4 Å². The van der Waals surface area contributed by atoms with E-state index >= 15 is 4.39 Å². The van der Waals surface area contributed by atoms with Crippen molar-refractivity contribution in [2.75, 3.05) is 6.54 Å². The zero-order valence-corrected chi connectivity index (χ0v) is 17.5. The molecule has 2 amide bonds. The van der Waals surface area contributed by atoms with Crippen LogP contribution >= 0.6 is 0 Å². The van der Waals surface area contributed by atoms with Gasteiger partial charge in [0.1, 0.15) is 5.82 Å². The number of hydrogen-bond donors (Lipinski definition) is 2. The van der Waals surface area contributed by atoms with Gasteiger partial charge in [-0.1, -0.05) is 43.0 Å². The Morgan fingerprint density at radius 1 is 1.16 bits per heavy atom. The van der Waals surface area contributed by atoms with E-state index in [2.05, 4.69) is 11.6 Å². The average molecular weight is 427 g/mol. The summed E-state index contributed by atoms with van der Waals surface area (Å²) in [5.41, 5.74) is 11.0. The van der Waals surface area contributed by atoms with E-state index in [0.717, 1.165) is 38.5 Å². The van der Waals surface area contributed by atoms with Gasteiger partial charge in [0.25, 0.3) is 0 Å². The highest BCUT2D eigenvalue weighted by Crippen LogP contribution is 2.39. The minimum absolute atomic E-state index is 0.0438. The van der Waals surface area contributed by atoms with Crippen molar-refractivity contribution in [3.8, 4) is 11.1 Å². The summed E-state index contributed by atoms with van der Waals surface area (Å²) in [5, 5.41) is 1.64.